The Morgan fingerprint density at radius 3 is 2.45 bits per heavy atom. The van der Waals surface area contributed by atoms with Gasteiger partial charge in [-0.15, -0.1) is 0 Å². The number of halogens is 1. The van der Waals surface area contributed by atoms with Crippen molar-refractivity contribution in [2.75, 3.05) is 6.61 Å². The zero-order chi connectivity index (χ0) is 15.9. The summed E-state index contributed by atoms with van der Waals surface area (Å²) in [6.45, 7) is 1.54. The summed E-state index contributed by atoms with van der Waals surface area (Å²) in [6, 6.07) is 14.0. The fraction of sp³-hybridized carbons (Fsp3) is 0.235. The van der Waals surface area contributed by atoms with Gasteiger partial charge in [-0.25, -0.2) is 4.39 Å². The zero-order valence-corrected chi connectivity index (χ0v) is 12.2. The van der Waals surface area contributed by atoms with Crippen molar-refractivity contribution in [3.05, 3.63) is 66.0 Å². The van der Waals surface area contributed by atoms with Crippen LogP contribution in [0.2, 0.25) is 0 Å². The monoisotopic (exact) mass is 303 g/mol. The summed E-state index contributed by atoms with van der Waals surface area (Å²) in [7, 11) is 0. The van der Waals surface area contributed by atoms with E-state index in [1.165, 1.54) is 24.3 Å². The molecular weight excluding hydrogens is 285 g/mol. The molecule has 2 atom stereocenters. The highest BCUT2D eigenvalue weighted by Gasteiger charge is 2.18. The molecule has 0 aromatic heterocycles. The van der Waals surface area contributed by atoms with E-state index in [1.807, 2.05) is 18.2 Å². The molecule has 0 saturated carbocycles. The molecule has 2 rings (SSSR count). The lowest BCUT2D eigenvalue weighted by molar-refractivity contribution is -0.124. The Bertz CT molecular complexity index is 601. The van der Waals surface area contributed by atoms with Crippen LogP contribution in [0.5, 0.6) is 5.75 Å². The first kappa shape index (κ1) is 16.0. The molecule has 0 bridgehead atoms. The van der Waals surface area contributed by atoms with Crippen LogP contribution in [0.15, 0.2) is 54.6 Å². The van der Waals surface area contributed by atoms with Crippen LogP contribution in [-0.2, 0) is 4.79 Å². The fourth-order valence-electron chi connectivity index (χ4n) is 1.99. The molecule has 0 heterocycles. The predicted molar refractivity (Wildman–Crippen MR) is 80.9 cm³/mol. The summed E-state index contributed by atoms with van der Waals surface area (Å²) < 4.78 is 18.2. The summed E-state index contributed by atoms with van der Waals surface area (Å²) in [5.41, 5.74) is 0.540. The maximum atomic E-state index is 12.9. The predicted octanol–water partition coefficient (Wildman–Crippen LogP) is 2.44. The molecule has 2 N–H and O–H groups in total. The smallest absolute Gasteiger partial charge is 0.258 e. The van der Waals surface area contributed by atoms with Crippen LogP contribution in [-0.4, -0.2) is 23.7 Å². The SMILES string of the molecule is C[C@H](NC(=O)COc1ccccc1)[C@H](O)c1ccc(F)cc1. The van der Waals surface area contributed by atoms with E-state index in [0.29, 0.717) is 11.3 Å². The Balaban J connectivity index is 1.84. The number of aliphatic hydroxyl groups is 1. The topological polar surface area (TPSA) is 58.6 Å². The molecule has 22 heavy (non-hydrogen) atoms. The summed E-state index contributed by atoms with van der Waals surface area (Å²) in [6.07, 6.45) is -0.915. The van der Waals surface area contributed by atoms with E-state index in [1.54, 1.807) is 19.1 Å². The summed E-state index contributed by atoms with van der Waals surface area (Å²) in [5, 5.41) is 12.8. The van der Waals surface area contributed by atoms with E-state index in [4.69, 9.17) is 4.74 Å². The first-order valence-electron chi connectivity index (χ1n) is 6.97. The van der Waals surface area contributed by atoms with Crippen molar-refractivity contribution in [2.45, 2.75) is 19.1 Å². The zero-order valence-electron chi connectivity index (χ0n) is 12.2. The standard InChI is InChI=1S/C17H18FNO3/c1-12(17(21)13-7-9-14(18)10-8-13)19-16(20)11-22-15-5-3-2-4-6-15/h2-10,12,17,21H,11H2,1H3,(H,19,20)/t12-,17-/m0/s1. The van der Waals surface area contributed by atoms with Crippen LogP contribution >= 0.6 is 0 Å². The van der Waals surface area contributed by atoms with E-state index >= 15 is 0 Å². The normalized spacial score (nSPS) is 13.2. The molecule has 0 aliphatic carbocycles. The van der Waals surface area contributed by atoms with Crippen molar-refractivity contribution in [1.29, 1.82) is 0 Å². The van der Waals surface area contributed by atoms with Gasteiger partial charge in [-0.05, 0) is 36.8 Å². The second-order valence-corrected chi connectivity index (χ2v) is 4.95. The maximum absolute atomic E-state index is 12.9. The number of para-hydroxylation sites is 1. The van der Waals surface area contributed by atoms with E-state index < -0.39 is 12.1 Å². The lowest BCUT2D eigenvalue weighted by Crippen LogP contribution is -2.39. The molecule has 2 aromatic rings. The van der Waals surface area contributed by atoms with Gasteiger partial charge in [0.15, 0.2) is 6.61 Å². The van der Waals surface area contributed by atoms with Crippen molar-refractivity contribution < 1.29 is 19.0 Å². The number of rotatable bonds is 6. The molecule has 116 valence electrons. The quantitative estimate of drug-likeness (QED) is 0.862. The maximum Gasteiger partial charge on any atom is 0.258 e. The van der Waals surface area contributed by atoms with Crippen LogP contribution in [0.3, 0.4) is 0 Å². The van der Waals surface area contributed by atoms with Gasteiger partial charge in [0, 0.05) is 0 Å². The van der Waals surface area contributed by atoms with Crippen molar-refractivity contribution >= 4 is 5.91 Å². The summed E-state index contributed by atoms with van der Waals surface area (Å²) >= 11 is 0. The number of ether oxygens (including phenoxy) is 1. The lowest BCUT2D eigenvalue weighted by atomic mass is 10.0. The van der Waals surface area contributed by atoms with E-state index in [-0.39, 0.29) is 18.3 Å². The van der Waals surface area contributed by atoms with Crippen LogP contribution in [0.25, 0.3) is 0 Å². The van der Waals surface area contributed by atoms with Gasteiger partial charge in [0.2, 0.25) is 0 Å². The average molecular weight is 303 g/mol. The first-order chi connectivity index (χ1) is 10.6. The summed E-state index contributed by atoms with van der Waals surface area (Å²) in [5.74, 6) is -0.106. The molecule has 0 unspecified atom stereocenters. The van der Waals surface area contributed by atoms with Crippen molar-refractivity contribution in [3.8, 4) is 5.75 Å². The van der Waals surface area contributed by atoms with Gasteiger partial charge >= 0.3 is 0 Å². The molecule has 0 radical (unpaired) electrons. The highest BCUT2D eigenvalue weighted by atomic mass is 19.1. The number of aliphatic hydroxyl groups excluding tert-OH is 1. The van der Waals surface area contributed by atoms with Gasteiger partial charge in [0.1, 0.15) is 11.6 Å². The molecular formula is C17H18FNO3. The molecule has 4 nitrogen and oxygen atoms in total. The third-order valence-electron chi connectivity index (χ3n) is 3.19. The van der Waals surface area contributed by atoms with Crippen molar-refractivity contribution in [2.24, 2.45) is 0 Å². The van der Waals surface area contributed by atoms with Crippen LogP contribution in [0.1, 0.15) is 18.6 Å². The van der Waals surface area contributed by atoms with Crippen LogP contribution < -0.4 is 10.1 Å². The Labute approximate surface area is 128 Å². The Morgan fingerprint density at radius 2 is 1.82 bits per heavy atom. The number of carbonyl (C=O) groups excluding carboxylic acids is 1. The number of amides is 1. The van der Waals surface area contributed by atoms with E-state index in [9.17, 15) is 14.3 Å². The van der Waals surface area contributed by atoms with Gasteiger partial charge < -0.3 is 15.2 Å². The molecule has 0 aliphatic rings. The number of hydrogen-bond acceptors (Lipinski definition) is 3. The minimum Gasteiger partial charge on any atom is -0.484 e. The number of benzene rings is 2. The van der Waals surface area contributed by atoms with Gasteiger partial charge in [-0.3, -0.25) is 4.79 Å². The van der Waals surface area contributed by atoms with E-state index in [2.05, 4.69) is 5.32 Å². The molecule has 0 fully saturated rings. The highest BCUT2D eigenvalue weighted by molar-refractivity contribution is 5.77. The Kier molecular flexibility index (Phi) is 5.49. The molecule has 0 aliphatic heterocycles. The number of hydrogen-bond donors (Lipinski definition) is 2. The number of nitrogens with one attached hydrogen (secondary N) is 1. The molecule has 0 saturated heterocycles. The van der Waals surface area contributed by atoms with Crippen LogP contribution in [0, 0.1) is 5.82 Å². The van der Waals surface area contributed by atoms with Gasteiger partial charge in [-0.2, -0.15) is 0 Å². The Morgan fingerprint density at radius 1 is 1.18 bits per heavy atom. The summed E-state index contributed by atoms with van der Waals surface area (Å²) in [4.78, 5) is 11.8. The lowest BCUT2D eigenvalue weighted by Gasteiger charge is -2.20. The second kappa shape index (κ2) is 7.56. The van der Waals surface area contributed by atoms with Gasteiger partial charge in [-0.1, -0.05) is 30.3 Å². The molecule has 5 heteroatoms. The average Bonchev–Trinajstić information content (AvgIpc) is 2.54. The van der Waals surface area contributed by atoms with Crippen LogP contribution in [0.4, 0.5) is 4.39 Å². The van der Waals surface area contributed by atoms with E-state index in [0.717, 1.165) is 0 Å². The minimum absolute atomic E-state index is 0.134. The Hall–Kier alpha value is -2.40. The third kappa shape index (κ3) is 4.56. The minimum atomic E-state index is -0.915. The highest BCUT2D eigenvalue weighted by Crippen LogP contribution is 2.17. The first-order valence-corrected chi connectivity index (χ1v) is 6.97. The van der Waals surface area contributed by atoms with Crippen molar-refractivity contribution in [3.63, 3.8) is 0 Å². The molecule has 1 amide bonds. The molecule has 2 aromatic carbocycles. The number of carbonyl (C=O) groups is 1. The second-order valence-electron chi connectivity index (χ2n) is 4.95. The van der Waals surface area contributed by atoms with Crippen molar-refractivity contribution in [1.82, 2.24) is 5.32 Å². The molecule has 0 spiro atoms. The largest absolute Gasteiger partial charge is 0.484 e. The third-order valence-corrected chi connectivity index (χ3v) is 3.19. The van der Waals surface area contributed by atoms with Gasteiger partial charge in [0.05, 0.1) is 12.1 Å². The fourth-order valence-corrected chi connectivity index (χ4v) is 1.99. The van der Waals surface area contributed by atoms with Gasteiger partial charge in [0.25, 0.3) is 5.91 Å².